The lowest BCUT2D eigenvalue weighted by Crippen LogP contribution is -2.40. The van der Waals surface area contributed by atoms with Gasteiger partial charge in [0, 0.05) is 28.2 Å². The molecule has 2 amide bonds. The summed E-state index contributed by atoms with van der Waals surface area (Å²) in [6.45, 7) is 3.67. The maximum atomic E-state index is 12.3. The van der Waals surface area contributed by atoms with Gasteiger partial charge in [0.15, 0.2) is 4.96 Å². The fourth-order valence-electron chi connectivity index (χ4n) is 2.33. The lowest BCUT2D eigenvalue weighted by Gasteiger charge is -2.08. The Labute approximate surface area is 153 Å². The lowest BCUT2D eigenvalue weighted by atomic mass is 10.2. The minimum Gasteiger partial charge on any atom is -0.352 e. The molecule has 8 heteroatoms. The van der Waals surface area contributed by atoms with Gasteiger partial charge in [-0.05, 0) is 26.0 Å². The Hall–Kier alpha value is -2.38. The normalized spacial score (nSPS) is 11.0. The van der Waals surface area contributed by atoms with Crippen molar-refractivity contribution in [1.29, 1.82) is 0 Å². The maximum absolute atomic E-state index is 12.3. The van der Waals surface area contributed by atoms with Crippen LogP contribution in [0.5, 0.6) is 0 Å². The quantitative estimate of drug-likeness (QED) is 0.718. The van der Waals surface area contributed by atoms with Crippen LogP contribution >= 0.6 is 22.9 Å². The third kappa shape index (κ3) is 4.00. The first kappa shape index (κ1) is 17.4. The van der Waals surface area contributed by atoms with Crippen LogP contribution in [0.2, 0.25) is 5.02 Å². The van der Waals surface area contributed by atoms with E-state index in [4.69, 9.17) is 11.6 Å². The molecule has 0 atom stereocenters. The molecule has 0 aliphatic heterocycles. The summed E-state index contributed by atoms with van der Waals surface area (Å²) in [5.74, 6) is -0.535. The Balaban J connectivity index is 1.77. The number of benzene rings is 1. The highest BCUT2D eigenvalue weighted by Gasteiger charge is 2.16. The third-order valence-corrected chi connectivity index (χ3v) is 4.53. The number of hydrogen-bond donors (Lipinski definition) is 2. The monoisotopic (exact) mass is 376 g/mol. The summed E-state index contributed by atoms with van der Waals surface area (Å²) in [5.41, 5.74) is 2.13. The molecule has 0 fully saturated rings. The highest BCUT2D eigenvalue weighted by atomic mass is 35.5. The van der Waals surface area contributed by atoms with E-state index in [2.05, 4.69) is 15.6 Å². The van der Waals surface area contributed by atoms with E-state index in [9.17, 15) is 9.59 Å². The molecular formula is C17H17ClN4O2S. The number of fused-ring (bicyclic) bond motifs is 1. The van der Waals surface area contributed by atoms with Crippen molar-refractivity contribution in [2.75, 3.05) is 6.54 Å². The van der Waals surface area contributed by atoms with Crippen LogP contribution in [0.4, 0.5) is 0 Å². The first-order valence-corrected chi connectivity index (χ1v) is 9.00. The minimum atomic E-state index is -0.315. The average Bonchev–Trinajstić information content (AvgIpc) is 3.13. The van der Waals surface area contributed by atoms with Crippen LogP contribution in [-0.2, 0) is 4.79 Å². The predicted molar refractivity (Wildman–Crippen MR) is 99.1 cm³/mol. The van der Waals surface area contributed by atoms with Crippen LogP contribution in [0.1, 0.15) is 24.3 Å². The maximum Gasteiger partial charge on any atom is 0.269 e. The van der Waals surface area contributed by atoms with Gasteiger partial charge in [-0.1, -0.05) is 23.7 Å². The largest absolute Gasteiger partial charge is 0.352 e. The summed E-state index contributed by atoms with van der Waals surface area (Å²) in [6, 6.07) is 7.39. The number of carbonyl (C=O) groups is 2. The van der Waals surface area contributed by atoms with Crippen LogP contribution in [0, 0.1) is 0 Å². The zero-order valence-electron chi connectivity index (χ0n) is 13.7. The van der Waals surface area contributed by atoms with Crippen LogP contribution in [0.15, 0.2) is 35.8 Å². The van der Waals surface area contributed by atoms with Gasteiger partial charge >= 0.3 is 0 Å². The number of amides is 2. The molecule has 6 nitrogen and oxygen atoms in total. The highest BCUT2D eigenvalue weighted by molar-refractivity contribution is 7.15. The molecule has 0 aliphatic carbocycles. The number of halogens is 1. The van der Waals surface area contributed by atoms with Gasteiger partial charge in [-0.3, -0.25) is 14.0 Å². The zero-order valence-corrected chi connectivity index (χ0v) is 15.3. The van der Waals surface area contributed by atoms with Crippen molar-refractivity contribution in [1.82, 2.24) is 20.0 Å². The Kier molecular flexibility index (Phi) is 5.06. The van der Waals surface area contributed by atoms with Gasteiger partial charge in [0.2, 0.25) is 5.91 Å². The van der Waals surface area contributed by atoms with Crippen molar-refractivity contribution < 1.29 is 9.59 Å². The summed E-state index contributed by atoms with van der Waals surface area (Å²) in [7, 11) is 0. The first-order chi connectivity index (χ1) is 11.9. The molecule has 2 N–H and O–H groups in total. The third-order valence-electron chi connectivity index (χ3n) is 3.44. The Morgan fingerprint density at radius 3 is 2.68 bits per heavy atom. The van der Waals surface area contributed by atoms with E-state index in [-0.39, 0.29) is 24.4 Å². The molecule has 3 aromatic rings. The van der Waals surface area contributed by atoms with Gasteiger partial charge in [-0.15, -0.1) is 11.3 Å². The second kappa shape index (κ2) is 7.25. The molecule has 2 aromatic heterocycles. The second-order valence-electron chi connectivity index (χ2n) is 5.81. The average molecular weight is 377 g/mol. The molecule has 0 unspecified atom stereocenters. The molecular weight excluding hydrogens is 360 g/mol. The molecule has 25 heavy (non-hydrogen) atoms. The van der Waals surface area contributed by atoms with E-state index in [1.54, 1.807) is 28.1 Å². The smallest absolute Gasteiger partial charge is 0.269 e. The standard InChI is InChI=1S/C17H17ClN4O2S/c1-10(2)20-15(23)7-19-16(24)14-9-25-17-21-13(8-22(14)17)11-3-5-12(18)6-4-11/h3-6,8-10H,7H2,1-2H3,(H,19,24)(H,20,23). The number of nitrogens with zero attached hydrogens (tertiary/aromatic N) is 2. The molecule has 0 bridgehead atoms. The number of nitrogens with one attached hydrogen (secondary N) is 2. The van der Waals surface area contributed by atoms with E-state index in [1.807, 2.05) is 26.0 Å². The molecule has 0 saturated carbocycles. The van der Waals surface area contributed by atoms with Crippen molar-refractivity contribution in [3.8, 4) is 11.3 Å². The van der Waals surface area contributed by atoms with Crippen molar-refractivity contribution in [2.45, 2.75) is 19.9 Å². The number of aromatic nitrogens is 2. The fourth-order valence-corrected chi connectivity index (χ4v) is 3.31. The second-order valence-corrected chi connectivity index (χ2v) is 7.08. The minimum absolute atomic E-state index is 0.0350. The van der Waals surface area contributed by atoms with Crippen molar-refractivity contribution >= 4 is 39.7 Å². The predicted octanol–water partition coefficient (Wildman–Crippen LogP) is 2.97. The molecule has 1 aromatic carbocycles. The molecule has 2 heterocycles. The molecule has 130 valence electrons. The van der Waals surface area contributed by atoms with E-state index in [0.717, 1.165) is 11.3 Å². The summed E-state index contributed by atoms with van der Waals surface area (Å²) in [5, 5.41) is 7.74. The first-order valence-electron chi connectivity index (χ1n) is 7.74. The van der Waals surface area contributed by atoms with Crippen molar-refractivity contribution in [2.24, 2.45) is 0 Å². The molecule has 0 radical (unpaired) electrons. The highest BCUT2D eigenvalue weighted by Crippen LogP contribution is 2.24. The summed E-state index contributed by atoms with van der Waals surface area (Å²) < 4.78 is 1.73. The summed E-state index contributed by atoms with van der Waals surface area (Å²) in [6.07, 6.45) is 1.80. The SMILES string of the molecule is CC(C)NC(=O)CNC(=O)c1csc2nc(-c3ccc(Cl)cc3)cn12. The summed E-state index contributed by atoms with van der Waals surface area (Å²) in [4.78, 5) is 29.2. The molecule has 0 aliphatic rings. The van der Waals surface area contributed by atoms with Crippen LogP contribution in [0.25, 0.3) is 16.2 Å². The number of imidazole rings is 1. The molecule has 0 spiro atoms. The van der Waals surface area contributed by atoms with Crippen LogP contribution in [0.3, 0.4) is 0 Å². The fraction of sp³-hybridized carbons (Fsp3) is 0.235. The van der Waals surface area contributed by atoms with Gasteiger partial charge in [-0.2, -0.15) is 0 Å². The number of carbonyl (C=O) groups excluding carboxylic acids is 2. The van der Waals surface area contributed by atoms with Gasteiger partial charge < -0.3 is 10.6 Å². The van der Waals surface area contributed by atoms with Gasteiger partial charge in [0.05, 0.1) is 12.2 Å². The molecule has 0 saturated heterocycles. The lowest BCUT2D eigenvalue weighted by molar-refractivity contribution is -0.120. The van der Waals surface area contributed by atoms with E-state index < -0.39 is 0 Å². The Morgan fingerprint density at radius 2 is 2.00 bits per heavy atom. The van der Waals surface area contributed by atoms with Crippen LogP contribution in [-0.4, -0.2) is 33.8 Å². The van der Waals surface area contributed by atoms with Gasteiger partial charge in [-0.25, -0.2) is 4.98 Å². The van der Waals surface area contributed by atoms with Crippen molar-refractivity contribution in [3.63, 3.8) is 0 Å². The number of rotatable bonds is 5. The Morgan fingerprint density at radius 1 is 1.28 bits per heavy atom. The van der Waals surface area contributed by atoms with Gasteiger partial charge in [0.1, 0.15) is 5.69 Å². The van der Waals surface area contributed by atoms with E-state index in [0.29, 0.717) is 15.7 Å². The molecule has 3 rings (SSSR count). The zero-order chi connectivity index (χ0) is 18.0. The van der Waals surface area contributed by atoms with E-state index >= 15 is 0 Å². The number of thiazole rings is 1. The number of hydrogen-bond acceptors (Lipinski definition) is 4. The van der Waals surface area contributed by atoms with E-state index in [1.165, 1.54) is 11.3 Å². The Bertz CT molecular complexity index is 915. The van der Waals surface area contributed by atoms with Gasteiger partial charge in [0.25, 0.3) is 5.91 Å². The summed E-state index contributed by atoms with van der Waals surface area (Å²) >= 11 is 7.28. The topological polar surface area (TPSA) is 75.5 Å². The van der Waals surface area contributed by atoms with Crippen LogP contribution < -0.4 is 10.6 Å². The van der Waals surface area contributed by atoms with Crippen molar-refractivity contribution in [3.05, 3.63) is 46.6 Å².